The molecule has 14 heteroatoms. The van der Waals surface area contributed by atoms with Crippen LogP contribution in [0.1, 0.15) is 22.9 Å². The predicted octanol–water partition coefficient (Wildman–Crippen LogP) is -0.939. The number of benzene rings is 1. The average Bonchev–Trinajstić information content (AvgIpc) is 3.02. The molecular formula is C16H12N6O8. The van der Waals surface area contributed by atoms with Crippen molar-refractivity contribution in [3.8, 4) is 6.07 Å². The van der Waals surface area contributed by atoms with Crippen molar-refractivity contribution >= 4 is 22.7 Å². The van der Waals surface area contributed by atoms with Crippen LogP contribution in [-0.4, -0.2) is 36.7 Å². The molecule has 154 valence electrons. The third-order valence-corrected chi connectivity index (χ3v) is 4.47. The third-order valence-electron chi connectivity index (χ3n) is 4.47. The molecule has 3 rings (SSSR count). The first-order valence-electron chi connectivity index (χ1n) is 8.11. The highest BCUT2D eigenvalue weighted by Crippen LogP contribution is 2.28. The maximum atomic E-state index is 12.7. The van der Waals surface area contributed by atoms with Crippen LogP contribution in [0, 0.1) is 28.4 Å². The highest BCUT2D eigenvalue weighted by molar-refractivity contribution is 5.82. The van der Waals surface area contributed by atoms with E-state index in [0.29, 0.717) is 4.57 Å². The van der Waals surface area contributed by atoms with Gasteiger partial charge < -0.3 is 20.3 Å². The van der Waals surface area contributed by atoms with Crippen molar-refractivity contribution in [3.63, 3.8) is 0 Å². The number of aromatic nitrogens is 3. The minimum atomic E-state index is -1.92. The number of rotatable bonds is 5. The summed E-state index contributed by atoms with van der Waals surface area (Å²) in [6.45, 7) is 1.30. The predicted molar refractivity (Wildman–Crippen MR) is 98.0 cm³/mol. The molecule has 0 fully saturated rings. The van der Waals surface area contributed by atoms with E-state index in [1.54, 1.807) is 6.07 Å². The number of nitro groups is 1. The summed E-state index contributed by atoms with van der Waals surface area (Å²) in [5, 5.41) is 31.9. The van der Waals surface area contributed by atoms with E-state index < -0.39 is 50.9 Å². The van der Waals surface area contributed by atoms with Crippen LogP contribution in [0.2, 0.25) is 0 Å². The molecule has 2 aromatic heterocycles. The van der Waals surface area contributed by atoms with E-state index in [0.717, 1.165) is 12.1 Å². The minimum Gasteiger partial charge on any atom is -0.480 e. The van der Waals surface area contributed by atoms with Crippen LogP contribution in [-0.2, 0) is 4.79 Å². The van der Waals surface area contributed by atoms with Gasteiger partial charge in [-0.25, -0.2) is 0 Å². The molecule has 2 unspecified atom stereocenters. The molecular weight excluding hydrogens is 404 g/mol. The van der Waals surface area contributed by atoms with Gasteiger partial charge in [0.2, 0.25) is 0 Å². The van der Waals surface area contributed by atoms with Gasteiger partial charge in [-0.05, 0) is 13.0 Å². The number of aliphatic carboxylic acids is 1. The second kappa shape index (κ2) is 7.14. The van der Waals surface area contributed by atoms with Crippen molar-refractivity contribution in [2.75, 3.05) is 0 Å². The number of nitrogens with zero attached hydrogens (tertiary/aromatic N) is 3. The zero-order valence-corrected chi connectivity index (χ0v) is 15.0. The highest BCUT2D eigenvalue weighted by atomic mass is 16.6. The van der Waals surface area contributed by atoms with Crippen molar-refractivity contribution in [1.82, 2.24) is 14.7 Å². The number of hydrogen-bond donors (Lipinski definition) is 4. The van der Waals surface area contributed by atoms with Gasteiger partial charge in [-0.2, -0.15) is 10.4 Å². The van der Waals surface area contributed by atoms with Crippen LogP contribution in [0.5, 0.6) is 0 Å². The van der Waals surface area contributed by atoms with Crippen LogP contribution in [0.4, 0.5) is 5.69 Å². The summed E-state index contributed by atoms with van der Waals surface area (Å²) >= 11 is 0. The van der Waals surface area contributed by atoms with E-state index in [-0.39, 0.29) is 22.4 Å². The fraction of sp³-hybridized carbons (Fsp3) is 0.188. The van der Waals surface area contributed by atoms with Crippen LogP contribution >= 0.6 is 0 Å². The van der Waals surface area contributed by atoms with Gasteiger partial charge >= 0.3 is 17.1 Å². The van der Waals surface area contributed by atoms with Gasteiger partial charge in [0.15, 0.2) is 0 Å². The third kappa shape index (κ3) is 3.04. The summed E-state index contributed by atoms with van der Waals surface area (Å²) in [4.78, 5) is 61.4. The largest absolute Gasteiger partial charge is 0.480 e. The molecule has 30 heavy (non-hydrogen) atoms. The fourth-order valence-corrected chi connectivity index (χ4v) is 3.13. The van der Waals surface area contributed by atoms with Gasteiger partial charge in [-0.3, -0.25) is 33.9 Å². The lowest BCUT2D eigenvalue weighted by Crippen LogP contribution is -2.48. The van der Waals surface area contributed by atoms with Gasteiger partial charge in [0.1, 0.15) is 23.4 Å². The molecule has 2 heterocycles. The standard InChI is InChI=1S/C16H12N6O8/c1-5-10(13(23)20-30-5)12(11(18)16(26)27)21-9-3-8(22(28)29)6(4-17)2-7(9)19-14(24)15(21)25/h2-3,11-12H,18H2,1H3,(H,19,24)(H,20,23)(H,26,27). The molecule has 0 aliphatic heterocycles. The van der Waals surface area contributed by atoms with E-state index >= 15 is 0 Å². The number of nitro benzene ring substituents is 1. The highest BCUT2D eigenvalue weighted by Gasteiger charge is 2.35. The molecule has 0 bridgehead atoms. The van der Waals surface area contributed by atoms with Crippen LogP contribution in [0.25, 0.3) is 11.0 Å². The number of hydrogen-bond acceptors (Lipinski definition) is 9. The van der Waals surface area contributed by atoms with E-state index in [4.69, 9.17) is 15.5 Å². The SMILES string of the molecule is Cc1o[nH]c(=O)c1C(C(N)C(=O)O)n1c(=O)c(=O)[nH]c2cc(C#N)c([N+](=O)[O-])cc21. The number of carboxylic acids is 1. The second-order valence-electron chi connectivity index (χ2n) is 6.20. The molecule has 5 N–H and O–H groups in total. The summed E-state index contributed by atoms with van der Waals surface area (Å²) in [6.07, 6.45) is 0. The molecule has 3 aromatic rings. The van der Waals surface area contributed by atoms with Gasteiger partial charge in [0, 0.05) is 6.07 Å². The van der Waals surface area contributed by atoms with E-state index in [1.165, 1.54) is 6.92 Å². The van der Waals surface area contributed by atoms with Crippen molar-refractivity contribution in [1.29, 1.82) is 5.26 Å². The number of nitrogens with two attached hydrogens (primary N) is 1. The monoisotopic (exact) mass is 416 g/mol. The van der Waals surface area contributed by atoms with E-state index in [1.807, 2.05) is 5.16 Å². The first kappa shape index (κ1) is 20.2. The van der Waals surface area contributed by atoms with Crippen molar-refractivity contribution in [3.05, 3.63) is 70.2 Å². The molecule has 0 spiro atoms. The Kier molecular flexibility index (Phi) is 4.82. The summed E-state index contributed by atoms with van der Waals surface area (Å²) in [6, 6.07) is -0.298. The van der Waals surface area contributed by atoms with Gasteiger partial charge in [0.05, 0.1) is 27.6 Å². The Morgan fingerprint density at radius 1 is 1.37 bits per heavy atom. The Hall–Kier alpha value is -4.51. The summed E-state index contributed by atoms with van der Waals surface area (Å²) in [5.41, 5.74) is 0.328. The molecule has 0 aliphatic carbocycles. The molecule has 0 aliphatic rings. The van der Waals surface area contributed by atoms with Crippen molar-refractivity contribution < 1.29 is 19.3 Å². The Labute approximate surface area is 163 Å². The number of carbonyl (C=O) groups is 1. The van der Waals surface area contributed by atoms with Gasteiger partial charge in [0.25, 0.3) is 11.2 Å². The first-order valence-corrected chi connectivity index (χ1v) is 8.11. The number of aromatic amines is 2. The van der Waals surface area contributed by atoms with Crippen molar-refractivity contribution in [2.24, 2.45) is 5.73 Å². The van der Waals surface area contributed by atoms with E-state index in [9.17, 15) is 34.4 Å². The summed E-state index contributed by atoms with van der Waals surface area (Å²) in [5.74, 6) is -1.73. The number of nitriles is 1. The van der Waals surface area contributed by atoms with Crippen LogP contribution in [0.3, 0.4) is 0 Å². The number of nitrogens with one attached hydrogen (secondary N) is 2. The second-order valence-corrected chi connectivity index (χ2v) is 6.20. The molecule has 2 atom stereocenters. The maximum Gasteiger partial charge on any atom is 0.323 e. The summed E-state index contributed by atoms with van der Waals surface area (Å²) < 4.78 is 5.45. The number of fused-ring (bicyclic) bond motifs is 1. The Bertz CT molecular complexity index is 1420. The number of carboxylic acid groups (broad SMARTS) is 1. The van der Waals surface area contributed by atoms with E-state index in [2.05, 4.69) is 4.98 Å². The van der Waals surface area contributed by atoms with Crippen molar-refractivity contribution in [2.45, 2.75) is 19.0 Å². The molecule has 0 radical (unpaired) electrons. The Morgan fingerprint density at radius 3 is 2.53 bits per heavy atom. The Balaban J connectivity index is 2.56. The molecule has 1 aromatic carbocycles. The molecule has 14 nitrogen and oxygen atoms in total. The number of aryl methyl sites for hydroxylation is 1. The topological polar surface area (TPSA) is 231 Å². The maximum absolute atomic E-state index is 12.7. The molecule has 0 saturated carbocycles. The summed E-state index contributed by atoms with van der Waals surface area (Å²) in [7, 11) is 0. The van der Waals surface area contributed by atoms with Gasteiger partial charge in [-0.15, -0.1) is 0 Å². The Morgan fingerprint density at radius 2 is 2.03 bits per heavy atom. The quantitative estimate of drug-likeness (QED) is 0.226. The zero-order chi connectivity index (χ0) is 22.3. The molecule has 0 amide bonds. The zero-order valence-electron chi connectivity index (χ0n) is 15.0. The average molecular weight is 416 g/mol. The molecule has 0 saturated heterocycles. The fourth-order valence-electron chi connectivity index (χ4n) is 3.13. The van der Waals surface area contributed by atoms with Gasteiger partial charge in [-0.1, -0.05) is 0 Å². The smallest absolute Gasteiger partial charge is 0.323 e. The van der Waals surface area contributed by atoms with Crippen LogP contribution in [0.15, 0.2) is 31.0 Å². The number of H-pyrrole nitrogens is 2. The van der Waals surface area contributed by atoms with Crippen LogP contribution < -0.4 is 22.4 Å². The lowest BCUT2D eigenvalue weighted by Gasteiger charge is -2.23. The normalized spacial score (nSPS) is 13.0. The minimum absolute atomic E-state index is 0.106. The lowest BCUT2D eigenvalue weighted by molar-refractivity contribution is -0.385. The first-order chi connectivity index (χ1) is 14.1. The lowest BCUT2D eigenvalue weighted by atomic mass is 9.99.